The Balaban J connectivity index is 0.00000182. The molecule has 1 saturated heterocycles. The number of carbonyl (C=O) groups is 1. The van der Waals surface area contributed by atoms with Crippen molar-refractivity contribution in [3.63, 3.8) is 0 Å². The fourth-order valence-electron chi connectivity index (χ4n) is 2.75. The van der Waals surface area contributed by atoms with E-state index in [1.807, 2.05) is 42.5 Å². The lowest BCUT2D eigenvalue weighted by Gasteiger charge is -2.31. The van der Waals surface area contributed by atoms with Crippen LogP contribution in [0.2, 0.25) is 5.02 Å². The maximum atomic E-state index is 12.4. The third kappa shape index (κ3) is 6.26. The Morgan fingerprint density at radius 1 is 1.11 bits per heavy atom. The molecule has 0 atom stereocenters. The number of hydrogen-bond acceptors (Lipinski definition) is 4. The largest absolute Gasteiger partial charge is 0.381 e. The summed E-state index contributed by atoms with van der Waals surface area (Å²) in [7, 11) is 0. The van der Waals surface area contributed by atoms with E-state index < -0.39 is 5.54 Å². The molecule has 2 aromatic rings. The first-order valence-corrected chi connectivity index (χ1v) is 8.70. The molecule has 27 heavy (non-hydrogen) atoms. The quantitative estimate of drug-likeness (QED) is 0.660. The lowest BCUT2D eigenvalue weighted by molar-refractivity contribution is -0.124. The highest BCUT2D eigenvalue weighted by Crippen LogP contribution is 2.27. The molecule has 4 N–H and O–H groups in total. The molecule has 0 spiro atoms. The average molecular weight is 433 g/mol. The second-order valence-corrected chi connectivity index (χ2v) is 6.66. The number of benzene rings is 2. The number of hydrogen-bond donors (Lipinski definition) is 3. The van der Waals surface area contributed by atoms with Crippen LogP contribution in [0.3, 0.4) is 0 Å². The Bertz CT molecular complexity index is 738. The smallest absolute Gasteiger partial charge is 0.244 e. The summed E-state index contributed by atoms with van der Waals surface area (Å²) in [5, 5.41) is 6.70. The van der Waals surface area contributed by atoms with Crippen molar-refractivity contribution in [2.75, 3.05) is 23.8 Å². The Kier molecular flexibility index (Phi) is 9.36. The third-order valence-corrected chi connectivity index (χ3v) is 4.70. The fourth-order valence-corrected chi connectivity index (χ4v) is 3.00. The molecule has 1 aliphatic rings. The predicted octanol–water partition coefficient (Wildman–Crippen LogP) is 4.24. The first-order valence-electron chi connectivity index (χ1n) is 8.32. The molecule has 1 amide bonds. The molecule has 0 aliphatic carbocycles. The molecule has 1 fully saturated rings. The molecule has 0 bridgehead atoms. The van der Waals surface area contributed by atoms with Crippen molar-refractivity contribution >= 4 is 53.7 Å². The van der Waals surface area contributed by atoms with Gasteiger partial charge in [-0.1, -0.05) is 41.9 Å². The summed E-state index contributed by atoms with van der Waals surface area (Å²) in [6, 6.07) is 15.5. The van der Waals surface area contributed by atoms with E-state index in [2.05, 4.69) is 10.6 Å². The molecule has 5 nitrogen and oxygen atoms in total. The molecule has 148 valence electrons. The van der Waals surface area contributed by atoms with E-state index in [4.69, 9.17) is 22.1 Å². The zero-order valence-corrected chi connectivity index (χ0v) is 17.1. The minimum atomic E-state index is -0.880. The number of rotatable bonds is 5. The molecule has 1 aliphatic heterocycles. The van der Waals surface area contributed by atoms with Crippen LogP contribution in [0.4, 0.5) is 11.4 Å². The van der Waals surface area contributed by atoms with E-state index in [9.17, 15) is 4.79 Å². The number of halogens is 3. The second-order valence-electron chi connectivity index (χ2n) is 6.26. The van der Waals surface area contributed by atoms with E-state index in [1.54, 1.807) is 6.07 Å². The number of amides is 1. The van der Waals surface area contributed by atoms with Crippen LogP contribution in [-0.4, -0.2) is 24.7 Å². The number of nitrogens with one attached hydrogen (secondary N) is 2. The highest BCUT2D eigenvalue weighted by molar-refractivity contribution is 6.33. The fraction of sp³-hybridized carbons (Fsp3) is 0.316. The van der Waals surface area contributed by atoms with Crippen LogP contribution in [0.15, 0.2) is 48.5 Å². The van der Waals surface area contributed by atoms with Gasteiger partial charge < -0.3 is 21.1 Å². The predicted molar refractivity (Wildman–Crippen MR) is 115 cm³/mol. The first kappa shape index (κ1) is 23.5. The molecular formula is C19H24Cl3N3O2. The summed E-state index contributed by atoms with van der Waals surface area (Å²) in [5.74, 6) is -0.197. The van der Waals surface area contributed by atoms with Crippen molar-refractivity contribution in [1.29, 1.82) is 0 Å². The summed E-state index contributed by atoms with van der Waals surface area (Å²) in [5.41, 5.74) is 7.93. The van der Waals surface area contributed by atoms with E-state index in [-0.39, 0.29) is 30.7 Å². The Morgan fingerprint density at radius 2 is 1.78 bits per heavy atom. The molecule has 0 aromatic heterocycles. The van der Waals surface area contributed by atoms with Gasteiger partial charge in [0.05, 0.1) is 10.7 Å². The summed E-state index contributed by atoms with van der Waals surface area (Å²) in [6.45, 7) is 1.69. The minimum Gasteiger partial charge on any atom is -0.381 e. The highest BCUT2D eigenvalue weighted by atomic mass is 35.5. The average Bonchev–Trinajstić information content (AvgIpc) is 2.62. The standard InChI is InChI=1S/C19H22ClN3O2.2ClH/c20-16-12-15(23-18(24)19(21)8-10-25-11-9-19)6-7-17(16)22-13-14-4-2-1-3-5-14;;/h1-7,12,22H,8-11,13,21H2,(H,23,24);2*1H. The van der Waals surface area contributed by atoms with Gasteiger partial charge in [-0.05, 0) is 36.6 Å². The van der Waals surface area contributed by atoms with Gasteiger partial charge in [0.2, 0.25) is 5.91 Å². The molecule has 1 heterocycles. The molecular weight excluding hydrogens is 409 g/mol. The van der Waals surface area contributed by atoms with Gasteiger partial charge in [0, 0.05) is 25.4 Å². The van der Waals surface area contributed by atoms with Crippen LogP contribution < -0.4 is 16.4 Å². The van der Waals surface area contributed by atoms with Crippen LogP contribution in [0, 0.1) is 0 Å². The van der Waals surface area contributed by atoms with Gasteiger partial charge >= 0.3 is 0 Å². The van der Waals surface area contributed by atoms with Gasteiger partial charge in [-0.15, -0.1) is 24.8 Å². The Morgan fingerprint density at radius 3 is 2.41 bits per heavy atom. The molecule has 0 radical (unpaired) electrons. The molecule has 8 heteroatoms. The van der Waals surface area contributed by atoms with E-state index in [0.717, 1.165) is 5.69 Å². The summed E-state index contributed by atoms with van der Waals surface area (Å²) in [4.78, 5) is 12.4. The second kappa shape index (κ2) is 10.7. The van der Waals surface area contributed by atoms with Gasteiger partial charge in [0.25, 0.3) is 0 Å². The van der Waals surface area contributed by atoms with Crippen molar-refractivity contribution in [1.82, 2.24) is 0 Å². The number of carbonyl (C=O) groups excluding carboxylic acids is 1. The van der Waals surface area contributed by atoms with Gasteiger partial charge in [-0.25, -0.2) is 0 Å². The van der Waals surface area contributed by atoms with Gasteiger partial charge in [-0.3, -0.25) is 4.79 Å². The monoisotopic (exact) mass is 431 g/mol. The number of nitrogens with two attached hydrogens (primary N) is 1. The van der Waals surface area contributed by atoms with Crippen LogP contribution in [0.1, 0.15) is 18.4 Å². The lowest BCUT2D eigenvalue weighted by atomic mass is 9.90. The maximum absolute atomic E-state index is 12.4. The molecule has 3 rings (SSSR count). The minimum absolute atomic E-state index is 0. The number of anilines is 2. The van der Waals surface area contributed by atoms with Crippen LogP contribution in [0.5, 0.6) is 0 Å². The van der Waals surface area contributed by atoms with Crippen molar-refractivity contribution in [3.8, 4) is 0 Å². The zero-order valence-electron chi connectivity index (χ0n) is 14.7. The Labute approximate surface area is 176 Å². The maximum Gasteiger partial charge on any atom is 0.244 e. The van der Waals surface area contributed by atoms with Gasteiger partial charge in [0.15, 0.2) is 0 Å². The van der Waals surface area contributed by atoms with E-state index in [1.165, 1.54) is 5.56 Å². The van der Waals surface area contributed by atoms with Crippen molar-refractivity contribution in [2.24, 2.45) is 5.73 Å². The molecule has 2 aromatic carbocycles. The zero-order chi connectivity index (χ0) is 17.7. The molecule has 0 saturated carbocycles. The highest BCUT2D eigenvalue weighted by Gasteiger charge is 2.35. The first-order chi connectivity index (χ1) is 12.1. The van der Waals surface area contributed by atoms with Crippen molar-refractivity contribution in [3.05, 3.63) is 59.1 Å². The summed E-state index contributed by atoms with van der Waals surface area (Å²) < 4.78 is 5.27. The van der Waals surface area contributed by atoms with Crippen LogP contribution >= 0.6 is 36.4 Å². The topological polar surface area (TPSA) is 76.4 Å². The molecule has 0 unspecified atom stereocenters. The Hall–Kier alpha value is -1.50. The van der Waals surface area contributed by atoms with E-state index >= 15 is 0 Å². The SMILES string of the molecule is Cl.Cl.NC1(C(=O)Nc2ccc(NCc3ccccc3)c(Cl)c2)CCOCC1. The normalized spacial score (nSPS) is 15.0. The summed E-state index contributed by atoms with van der Waals surface area (Å²) in [6.07, 6.45) is 1.03. The lowest BCUT2D eigenvalue weighted by Crippen LogP contribution is -2.54. The third-order valence-electron chi connectivity index (χ3n) is 4.39. The van der Waals surface area contributed by atoms with Gasteiger partial charge in [-0.2, -0.15) is 0 Å². The van der Waals surface area contributed by atoms with Crippen LogP contribution in [-0.2, 0) is 16.1 Å². The van der Waals surface area contributed by atoms with Gasteiger partial charge in [0.1, 0.15) is 5.54 Å². The number of ether oxygens (including phenoxy) is 1. The van der Waals surface area contributed by atoms with Crippen molar-refractivity contribution in [2.45, 2.75) is 24.9 Å². The van der Waals surface area contributed by atoms with Crippen molar-refractivity contribution < 1.29 is 9.53 Å². The summed E-state index contributed by atoms with van der Waals surface area (Å²) >= 11 is 6.33. The van der Waals surface area contributed by atoms with Crippen LogP contribution in [0.25, 0.3) is 0 Å². The van der Waals surface area contributed by atoms with E-state index in [0.29, 0.717) is 43.3 Å².